The van der Waals surface area contributed by atoms with Crippen LogP contribution < -0.4 is 34.7 Å². The molecule has 5 heteroatoms. The zero-order valence-corrected chi connectivity index (χ0v) is 15.1. The number of carboxylic acids is 1. The molecule has 0 aliphatic carbocycles. The fraction of sp³-hybridized carbons (Fsp3) is 0. The summed E-state index contributed by atoms with van der Waals surface area (Å²) in [5.74, 6) is -1.26. The summed E-state index contributed by atoms with van der Waals surface area (Å²) in [5.41, 5.74) is 2.42. The van der Waals surface area contributed by atoms with Crippen molar-refractivity contribution in [3.05, 3.63) is 72.3 Å². The van der Waals surface area contributed by atoms with Crippen molar-refractivity contribution in [3.63, 3.8) is 0 Å². The summed E-state index contributed by atoms with van der Waals surface area (Å²) in [4.78, 5) is 20.6. The molecule has 110 valence electrons. The van der Waals surface area contributed by atoms with Crippen LogP contribution in [0.4, 0.5) is 0 Å². The Balaban J connectivity index is 0.00000169. The summed E-state index contributed by atoms with van der Waals surface area (Å²) in [6, 6.07) is 20.3. The largest absolute Gasteiger partial charge is 1.00 e. The zero-order chi connectivity index (χ0) is 15.8. The van der Waals surface area contributed by atoms with Gasteiger partial charge in [-0.3, -0.25) is 0 Å². The van der Waals surface area contributed by atoms with Crippen LogP contribution in [0.3, 0.4) is 0 Å². The van der Waals surface area contributed by atoms with Crippen LogP contribution >= 0.6 is 0 Å². The van der Waals surface area contributed by atoms with Gasteiger partial charge in [-0.05, 0) is 24.3 Å². The number of hydrogen-bond donors (Lipinski definition) is 0. The molecule has 4 aromatic rings. The van der Waals surface area contributed by atoms with Crippen LogP contribution in [-0.2, 0) is 0 Å². The standard InChI is InChI=1S/C19H12N2O2.Na/c22-19(23)14-11-13-6-2-4-8-16(13)21-18(14)17-10-9-12-5-1-3-7-15(12)20-17;/h1-11H,(H,22,23);/q;+1/p-1. The van der Waals surface area contributed by atoms with E-state index < -0.39 is 5.97 Å². The third-order valence-corrected chi connectivity index (χ3v) is 3.78. The monoisotopic (exact) mass is 322 g/mol. The predicted molar refractivity (Wildman–Crippen MR) is 86.8 cm³/mol. The molecule has 0 aliphatic rings. The van der Waals surface area contributed by atoms with Crippen LogP contribution in [-0.4, -0.2) is 15.9 Å². The molecular weight excluding hydrogens is 311 g/mol. The van der Waals surface area contributed by atoms with E-state index in [0.717, 1.165) is 21.8 Å². The van der Waals surface area contributed by atoms with Crippen LogP contribution in [0.15, 0.2) is 66.7 Å². The molecule has 0 saturated carbocycles. The quantitative estimate of drug-likeness (QED) is 0.480. The Morgan fingerprint density at radius 2 is 1.42 bits per heavy atom. The summed E-state index contributed by atoms with van der Waals surface area (Å²) in [6.07, 6.45) is 0. The van der Waals surface area contributed by atoms with E-state index in [-0.39, 0.29) is 35.1 Å². The number of hydrogen-bond acceptors (Lipinski definition) is 4. The summed E-state index contributed by atoms with van der Waals surface area (Å²) in [7, 11) is 0. The summed E-state index contributed by atoms with van der Waals surface area (Å²) in [5, 5.41) is 13.3. The number of carbonyl (C=O) groups excluding carboxylic acids is 1. The Bertz CT molecular complexity index is 1060. The number of fused-ring (bicyclic) bond motifs is 2. The topological polar surface area (TPSA) is 65.9 Å². The molecule has 0 atom stereocenters. The van der Waals surface area contributed by atoms with Gasteiger partial charge in [0.05, 0.1) is 28.4 Å². The number of rotatable bonds is 2. The van der Waals surface area contributed by atoms with E-state index in [2.05, 4.69) is 9.97 Å². The van der Waals surface area contributed by atoms with Crippen molar-refractivity contribution < 1.29 is 39.5 Å². The first kappa shape index (κ1) is 16.6. The van der Waals surface area contributed by atoms with E-state index >= 15 is 0 Å². The second-order valence-corrected chi connectivity index (χ2v) is 5.25. The van der Waals surface area contributed by atoms with Gasteiger partial charge in [0.1, 0.15) is 0 Å². The molecule has 0 fully saturated rings. The minimum atomic E-state index is -1.26. The van der Waals surface area contributed by atoms with Gasteiger partial charge in [-0.1, -0.05) is 42.5 Å². The first-order chi connectivity index (χ1) is 11.2. The molecule has 0 aliphatic heterocycles. The molecule has 2 aromatic heterocycles. The maximum absolute atomic E-state index is 11.5. The van der Waals surface area contributed by atoms with Gasteiger partial charge in [-0.15, -0.1) is 0 Å². The molecule has 24 heavy (non-hydrogen) atoms. The molecular formula is C19H11N2NaO2. The first-order valence-electron chi connectivity index (χ1n) is 7.20. The van der Waals surface area contributed by atoms with E-state index in [1.54, 1.807) is 12.1 Å². The number of benzene rings is 2. The molecule has 0 radical (unpaired) electrons. The number of aromatic nitrogens is 2. The Morgan fingerprint density at radius 3 is 2.12 bits per heavy atom. The average molecular weight is 322 g/mol. The Hall–Kier alpha value is -2.27. The fourth-order valence-corrected chi connectivity index (χ4v) is 2.66. The third-order valence-electron chi connectivity index (χ3n) is 3.78. The van der Waals surface area contributed by atoms with Crippen LogP contribution in [0.2, 0.25) is 0 Å². The average Bonchev–Trinajstić information content (AvgIpc) is 2.60. The van der Waals surface area contributed by atoms with Crippen molar-refractivity contribution in [2.24, 2.45) is 0 Å². The SMILES string of the molecule is O=C([O-])c1cc2ccccc2nc1-c1ccc2ccccc2n1.[Na+]. The number of pyridine rings is 2. The van der Waals surface area contributed by atoms with Crippen molar-refractivity contribution >= 4 is 27.8 Å². The predicted octanol–water partition coefficient (Wildman–Crippen LogP) is -0.183. The van der Waals surface area contributed by atoms with E-state index in [4.69, 9.17) is 0 Å². The fourth-order valence-electron chi connectivity index (χ4n) is 2.66. The number of aromatic carboxylic acids is 1. The van der Waals surface area contributed by atoms with Crippen molar-refractivity contribution in [2.75, 3.05) is 0 Å². The van der Waals surface area contributed by atoms with Gasteiger partial charge in [-0.2, -0.15) is 0 Å². The van der Waals surface area contributed by atoms with E-state index in [0.29, 0.717) is 11.4 Å². The Kier molecular flexibility index (Phi) is 4.62. The summed E-state index contributed by atoms with van der Waals surface area (Å²) >= 11 is 0. The maximum atomic E-state index is 11.5. The second-order valence-electron chi connectivity index (χ2n) is 5.25. The van der Waals surface area contributed by atoms with Crippen LogP contribution in [0.25, 0.3) is 33.2 Å². The smallest absolute Gasteiger partial charge is 0.545 e. The van der Waals surface area contributed by atoms with E-state index in [1.807, 2.05) is 54.6 Å². The normalized spacial score (nSPS) is 10.5. The molecule has 0 amide bonds. The van der Waals surface area contributed by atoms with Crippen molar-refractivity contribution in [1.82, 2.24) is 9.97 Å². The molecule has 2 heterocycles. The number of para-hydroxylation sites is 2. The molecule has 0 saturated heterocycles. The van der Waals surface area contributed by atoms with E-state index in [1.165, 1.54) is 0 Å². The number of nitrogens with zero attached hydrogens (tertiary/aromatic N) is 2. The molecule has 4 nitrogen and oxygen atoms in total. The van der Waals surface area contributed by atoms with Crippen LogP contribution in [0.1, 0.15) is 10.4 Å². The second kappa shape index (κ2) is 6.69. The van der Waals surface area contributed by atoms with Gasteiger partial charge in [0.25, 0.3) is 0 Å². The summed E-state index contributed by atoms with van der Waals surface area (Å²) in [6.45, 7) is 0. The van der Waals surface area contributed by atoms with Gasteiger partial charge >= 0.3 is 29.6 Å². The minimum Gasteiger partial charge on any atom is -0.545 e. The van der Waals surface area contributed by atoms with Crippen LogP contribution in [0.5, 0.6) is 0 Å². The van der Waals surface area contributed by atoms with Gasteiger partial charge in [0, 0.05) is 16.3 Å². The molecule has 0 spiro atoms. The van der Waals surface area contributed by atoms with Gasteiger partial charge in [0.2, 0.25) is 0 Å². The van der Waals surface area contributed by atoms with Crippen LogP contribution in [0, 0.1) is 0 Å². The molecule has 2 aromatic carbocycles. The van der Waals surface area contributed by atoms with E-state index in [9.17, 15) is 9.90 Å². The number of carbonyl (C=O) groups is 1. The van der Waals surface area contributed by atoms with Gasteiger partial charge in [-0.25, -0.2) is 9.97 Å². The maximum Gasteiger partial charge on any atom is 1.00 e. The molecule has 4 rings (SSSR count). The molecule has 0 N–H and O–H groups in total. The summed E-state index contributed by atoms with van der Waals surface area (Å²) < 4.78 is 0. The third kappa shape index (κ3) is 2.91. The Morgan fingerprint density at radius 1 is 0.792 bits per heavy atom. The zero-order valence-electron chi connectivity index (χ0n) is 13.1. The number of carboxylic acid groups (broad SMARTS) is 1. The van der Waals surface area contributed by atoms with Crippen molar-refractivity contribution in [2.45, 2.75) is 0 Å². The first-order valence-corrected chi connectivity index (χ1v) is 7.20. The molecule has 0 bridgehead atoms. The van der Waals surface area contributed by atoms with Gasteiger partial charge in [0.15, 0.2) is 0 Å². The van der Waals surface area contributed by atoms with Crippen molar-refractivity contribution in [1.29, 1.82) is 0 Å². The minimum absolute atomic E-state index is 0. The van der Waals surface area contributed by atoms with Crippen molar-refractivity contribution in [3.8, 4) is 11.4 Å². The molecule has 0 unspecified atom stereocenters. The Labute approximate surface area is 160 Å². The van der Waals surface area contributed by atoms with Gasteiger partial charge < -0.3 is 9.90 Å².